The summed E-state index contributed by atoms with van der Waals surface area (Å²) in [4.78, 5) is 6.93. The van der Waals surface area contributed by atoms with Gasteiger partial charge in [-0.25, -0.2) is 0 Å². The zero-order valence-corrected chi connectivity index (χ0v) is 19.1. The van der Waals surface area contributed by atoms with Gasteiger partial charge in [-0.1, -0.05) is 13.3 Å². The van der Waals surface area contributed by atoms with Crippen LogP contribution >= 0.6 is 24.0 Å². The van der Waals surface area contributed by atoms with Gasteiger partial charge in [0.1, 0.15) is 0 Å². The highest BCUT2D eigenvalue weighted by molar-refractivity contribution is 14.0. The van der Waals surface area contributed by atoms with Crippen molar-refractivity contribution in [3.8, 4) is 0 Å². The van der Waals surface area contributed by atoms with E-state index in [1.165, 1.54) is 51.7 Å². The minimum absolute atomic E-state index is 0. The highest BCUT2D eigenvalue weighted by atomic mass is 127. The monoisotopic (exact) mass is 484 g/mol. The van der Waals surface area contributed by atoms with Crippen LogP contribution < -0.4 is 10.6 Å². The van der Waals surface area contributed by atoms with Crippen LogP contribution in [0.15, 0.2) is 4.99 Å². The maximum Gasteiger partial charge on any atom is 0.191 e. The molecule has 25 heavy (non-hydrogen) atoms. The largest absolute Gasteiger partial charge is 0.356 e. The Balaban J connectivity index is 0.00000312. The molecule has 1 aliphatic heterocycles. The summed E-state index contributed by atoms with van der Waals surface area (Å²) in [6.45, 7) is 6.82. The normalized spacial score (nSPS) is 26.1. The molecule has 0 aromatic heterocycles. The van der Waals surface area contributed by atoms with Crippen LogP contribution in [0.2, 0.25) is 0 Å². The SMILES string of the molecule is CCS(=O)C1CCCC(NC(=NC)NCCCCN2CCCC2)C1.I. The first-order valence-electron chi connectivity index (χ1n) is 9.79. The molecule has 1 saturated carbocycles. The van der Waals surface area contributed by atoms with Crippen molar-refractivity contribution in [2.24, 2.45) is 4.99 Å². The molecular formula is C18H37IN4OS. The fraction of sp³-hybridized carbons (Fsp3) is 0.944. The van der Waals surface area contributed by atoms with E-state index in [9.17, 15) is 4.21 Å². The number of nitrogens with zero attached hydrogens (tertiary/aromatic N) is 2. The number of likely N-dealkylation sites (tertiary alicyclic amines) is 1. The van der Waals surface area contributed by atoms with Crippen molar-refractivity contribution in [3.63, 3.8) is 0 Å². The zero-order valence-electron chi connectivity index (χ0n) is 16.0. The van der Waals surface area contributed by atoms with Gasteiger partial charge in [0.25, 0.3) is 0 Å². The third-order valence-electron chi connectivity index (χ3n) is 5.24. The molecule has 3 atom stereocenters. The predicted octanol–water partition coefficient (Wildman–Crippen LogP) is 2.73. The molecular weight excluding hydrogens is 447 g/mol. The average Bonchev–Trinajstić information content (AvgIpc) is 3.13. The summed E-state index contributed by atoms with van der Waals surface area (Å²) in [5.41, 5.74) is 0. The van der Waals surface area contributed by atoms with Gasteiger partial charge < -0.3 is 15.5 Å². The van der Waals surface area contributed by atoms with Gasteiger partial charge in [-0.05, 0) is 64.6 Å². The van der Waals surface area contributed by atoms with Crippen LogP contribution in [-0.2, 0) is 10.8 Å². The average molecular weight is 484 g/mol. The second kappa shape index (κ2) is 13.3. The number of hydrogen-bond acceptors (Lipinski definition) is 3. The Labute approximate surface area is 173 Å². The Kier molecular flexibility index (Phi) is 12.3. The molecule has 0 aromatic rings. The second-order valence-electron chi connectivity index (χ2n) is 7.05. The molecule has 0 aromatic carbocycles. The van der Waals surface area contributed by atoms with E-state index in [1.54, 1.807) is 0 Å². The summed E-state index contributed by atoms with van der Waals surface area (Å²) < 4.78 is 12.1. The lowest BCUT2D eigenvalue weighted by Crippen LogP contribution is -2.46. The summed E-state index contributed by atoms with van der Waals surface area (Å²) in [5.74, 6) is 1.69. The van der Waals surface area contributed by atoms with E-state index in [2.05, 4.69) is 20.5 Å². The van der Waals surface area contributed by atoms with Gasteiger partial charge in [0, 0.05) is 41.4 Å². The van der Waals surface area contributed by atoms with Crippen molar-refractivity contribution in [1.29, 1.82) is 0 Å². The Morgan fingerprint density at radius 3 is 2.64 bits per heavy atom. The number of hydrogen-bond donors (Lipinski definition) is 2. The number of halogens is 1. The fourth-order valence-electron chi connectivity index (χ4n) is 3.81. The molecule has 0 radical (unpaired) electrons. The van der Waals surface area contributed by atoms with Gasteiger partial charge in [0.05, 0.1) is 0 Å². The maximum atomic E-state index is 12.1. The quantitative estimate of drug-likeness (QED) is 0.241. The van der Waals surface area contributed by atoms with Crippen molar-refractivity contribution < 1.29 is 4.21 Å². The maximum absolute atomic E-state index is 12.1. The summed E-state index contributed by atoms with van der Waals surface area (Å²) in [6.07, 6.45) is 9.64. The van der Waals surface area contributed by atoms with Crippen LogP contribution in [0.1, 0.15) is 58.3 Å². The smallest absolute Gasteiger partial charge is 0.191 e. The van der Waals surface area contributed by atoms with Crippen molar-refractivity contribution in [2.75, 3.05) is 39.0 Å². The lowest BCUT2D eigenvalue weighted by atomic mass is 9.95. The predicted molar refractivity (Wildman–Crippen MR) is 120 cm³/mol. The lowest BCUT2D eigenvalue weighted by Gasteiger charge is -2.30. The Hall–Kier alpha value is 0.110. The van der Waals surface area contributed by atoms with Crippen molar-refractivity contribution in [1.82, 2.24) is 15.5 Å². The molecule has 0 amide bonds. The van der Waals surface area contributed by atoms with Gasteiger partial charge in [0.15, 0.2) is 5.96 Å². The van der Waals surface area contributed by atoms with Gasteiger partial charge in [-0.2, -0.15) is 0 Å². The van der Waals surface area contributed by atoms with Crippen LogP contribution in [0.25, 0.3) is 0 Å². The van der Waals surface area contributed by atoms with Crippen molar-refractivity contribution in [3.05, 3.63) is 0 Å². The molecule has 2 fully saturated rings. The van der Waals surface area contributed by atoms with E-state index in [4.69, 9.17) is 0 Å². The van der Waals surface area contributed by atoms with Gasteiger partial charge in [-0.15, -0.1) is 24.0 Å². The molecule has 148 valence electrons. The van der Waals surface area contributed by atoms with Crippen LogP contribution in [0.4, 0.5) is 0 Å². The summed E-state index contributed by atoms with van der Waals surface area (Å²) in [6, 6.07) is 0.412. The molecule has 3 unspecified atom stereocenters. The summed E-state index contributed by atoms with van der Waals surface area (Å²) in [5, 5.41) is 7.35. The second-order valence-corrected chi connectivity index (χ2v) is 9.06. The molecule has 2 N–H and O–H groups in total. The number of unbranched alkanes of at least 4 members (excludes halogenated alkanes) is 1. The van der Waals surface area contributed by atoms with Crippen LogP contribution in [0.5, 0.6) is 0 Å². The van der Waals surface area contributed by atoms with Crippen LogP contribution in [0, 0.1) is 0 Å². The van der Waals surface area contributed by atoms with Crippen molar-refractivity contribution >= 4 is 40.7 Å². The Morgan fingerprint density at radius 1 is 1.20 bits per heavy atom. The zero-order chi connectivity index (χ0) is 17.2. The molecule has 1 aliphatic carbocycles. The minimum atomic E-state index is -0.665. The Morgan fingerprint density at radius 2 is 1.96 bits per heavy atom. The Bertz CT molecular complexity index is 416. The molecule has 2 rings (SSSR count). The summed E-state index contributed by atoms with van der Waals surface area (Å²) >= 11 is 0. The third-order valence-corrected chi connectivity index (χ3v) is 6.98. The highest BCUT2D eigenvalue weighted by Crippen LogP contribution is 2.22. The molecule has 1 saturated heterocycles. The molecule has 5 nitrogen and oxygen atoms in total. The van der Waals surface area contributed by atoms with Gasteiger partial charge >= 0.3 is 0 Å². The summed E-state index contributed by atoms with van der Waals surface area (Å²) in [7, 11) is 1.17. The number of rotatable bonds is 8. The van der Waals surface area contributed by atoms with Gasteiger partial charge in [0.2, 0.25) is 0 Å². The number of nitrogens with one attached hydrogen (secondary N) is 2. The van der Waals surface area contributed by atoms with E-state index < -0.39 is 10.8 Å². The molecule has 2 aliphatic rings. The van der Waals surface area contributed by atoms with Crippen molar-refractivity contribution in [2.45, 2.75) is 69.6 Å². The molecule has 1 heterocycles. The van der Waals surface area contributed by atoms with E-state index in [1.807, 2.05) is 14.0 Å². The van der Waals surface area contributed by atoms with E-state index in [0.29, 0.717) is 11.3 Å². The third kappa shape index (κ3) is 8.56. The minimum Gasteiger partial charge on any atom is -0.356 e. The van der Waals surface area contributed by atoms with Crippen LogP contribution in [0.3, 0.4) is 0 Å². The first-order valence-corrected chi connectivity index (χ1v) is 11.2. The van der Waals surface area contributed by atoms with E-state index in [-0.39, 0.29) is 24.0 Å². The molecule has 0 spiro atoms. The topological polar surface area (TPSA) is 56.7 Å². The molecule has 0 bridgehead atoms. The van der Waals surface area contributed by atoms with E-state index in [0.717, 1.165) is 37.5 Å². The number of aliphatic imine (C=N–C) groups is 1. The fourth-order valence-corrected chi connectivity index (χ4v) is 5.16. The lowest BCUT2D eigenvalue weighted by molar-refractivity contribution is 0.330. The standard InChI is InChI=1S/C18H36N4OS.HI/c1-3-24(23)17-10-8-9-16(15-17)21-18(19-2)20-11-4-5-12-22-13-6-7-14-22;/h16-17H,3-15H2,1-2H3,(H2,19,20,21);1H. The first kappa shape index (κ1) is 23.1. The highest BCUT2D eigenvalue weighted by Gasteiger charge is 2.25. The van der Waals surface area contributed by atoms with Gasteiger partial charge in [-0.3, -0.25) is 9.20 Å². The number of guanidine groups is 1. The molecule has 7 heteroatoms. The van der Waals surface area contributed by atoms with E-state index >= 15 is 0 Å². The first-order chi connectivity index (χ1) is 11.7. The van der Waals surface area contributed by atoms with Crippen LogP contribution in [-0.4, -0.2) is 65.3 Å².